The van der Waals surface area contributed by atoms with Gasteiger partial charge in [0.05, 0.1) is 16.6 Å². The number of amides is 1. The molecule has 4 heterocycles. The number of halogens is 3. The van der Waals surface area contributed by atoms with Crippen molar-refractivity contribution in [2.24, 2.45) is 0 Å². The number of rotatable bonds is 3. The van der Waals surface area contributed by atoms with Gasteiger partial charge in [0, 0.05) is 29.7 Å². The molecule has 0 bridgehead atoms. The van der Waals surface area contributed by atoms with E-state index in [0.29, 0.717) is 41.7 Å². The fourth-order valence-corrected chi connectivity index (χ4v) is 4.65. The lowest BCUT2D eigenvalue weighted by molar-refractivity contribution is -0.136. The lowest BCUT2D eigenvalue weighted by Crippen LogP contribution is -2.20. The number of carbonyl (C=O) groups excluding carboxylic acids is 1. The van der Waals surface area contributed by atoms with E-state index in [1.807, 2.05) is 13.0 Å². The topological polar surface area (TPSA) is 89.1 Å². The van der Waals surface area contributed by atoms with Crippen molar-refractivity contribution in [3.63, 3.8) is 0 Å². The number of carbonyl (C=O) groups is 1. The molecule has 6 rings (SSSR count). The van der Waals surface area contributed by atoms with Crippen LogP contribution in [-0.4, -0.2) is 20.9 Å². The maximum atomic E-state index is 13.4. The number of aromatic amines is 1. The maximum Gasteiger partial charge on any atom is 0.418 e. The third kappa shape index (κ3) is 3.65. The summed E-state index contributed by atoms with van der Waals surface area (Å²) in [5.41, 5.74) is 1.11. The minimum atomic E-state index is -4.49. The van der Waals surface area contributed by atoms with Crippen molar-refractivity contribution in [1.82, 2.24) is 15.0 Å². The van der Waals surface area contributed by atoms with Crippen molar-refractivity contribution in [3.8, 4) is 17.2 Å². The molecule has 0 aliphatic carbocycles. The van der Waals surface area contributed by atoms with Gasteiger partial charge in [-0.05, 0) is 42.8 Å². The molecule has 2 N–H and O–H groups in total. The summed E-state index contributed by atoms with van der Waals surface area (Å²) in [5.74, 6) is 2.37. The summed E-state index contributed by atoms with van der Waals surface area (Å²) < 4.78 is 52.5. The molecule has 0 saturated carbocycles. The number of alkyl halides is 3. The summed E-state index contributed by atoms with van der Waals surface area (Å²) in [6.07, 6.45) is -2.60. The number of benzene rings is 2. The van der Waals surface area contributed by atoms with Crippen LogP contribution in [0.1, 0.15) is 47.9 Å². The third-order valence-corrected chi connectivity index (χ3v) is 6.39. The minimum absolute atomic E-state index is 0.0552. The Morgan fingerprint density at radius 2 is 2.00 bits per heavy atom. The first-order chi connectivity index (χ1) is 16.8. The lowest BCUT2D eigenvalue weighted by Gasteiger charge is -2.19. The van der Waals surface area contributed by atoms with Crippen LogP contribution in [0.2, 0.25) is 0 Å². The van der Waals surface area contributed by atoms with Crippen molar-refractivity contribution in [2.75, 3.05) is 5.32 Å². The van der Waals surface area contributed by atoms with Crippen LogP contribution in [0.15, 0.2) is 48.7 Å². The van der Waals surface area contributed by atoms with Crippen LogP contribution in [0.25, 0.3) is 11.0 Å². The van der Waals surface area contributed by atoms with E-state index in [9.17, 15) is 18.0 Å². The van der Waals surface area contributed by atoms with Gasteiger partial charge in [-0.2, -0.15) is 13.2 Å². The van der Waals surface area contributed by atoms with Gasteiger partial charge in [-0.3, -0.25) is 4.79 Å². The Morgan fingerprint density at radius 1 is 1.14 bits per heavy atom. The van der Waals surface area contributed by atoms with Crippen molar-refractivity contribution in [2.45, 2.75) is 38.0 Å². The maximum absolute atomic E-state index is 13.4. The molecule has 1 amide bonds. The first-order valence-corrected chi connectivity index (χ1v) is 11.1. The van der Waals surface area contributed by atoms with Gasteiger partial charge in [-0.15, -0.1) is 0 Å². The molecule has 0 spiro atoms. The number of H-pyrrole nitrogens is 1. The van der Waals surface area contributed by atoms with Gasteiger partial charge in [-0.25, -0.2) is 9.97 Å². The van der Waals surface area contributed by atoms with Gasteiger partial charge in [-0.1, -0.05) is 13.0 Å². The average molecular weight is 480 g/mol. The van der Waals surface area contributed by atoms with E-state index < -0.39 is 17.8 Å². The minimum Gasteiger partial charge on any atom is -0.482 e. The van der Waals surface area contributed by atoms with E-state index in [1.54, 1.807) is 30.5 Å². The first-order valence-electron chi connectivity index (χ1n) is 11.1. The largest absolute Gasteiger partial charge is 0.482 e. The van der Waals surface area contributed by atoms with Crippen molar-refractivity contribution in [3.05, 3.63) is 71.2 Å². The number of para-hydroxylation sites is 1. The smallest absolute Gasteiger partial charge is 0.418 e. The molecule has 4 aromatic rings. The quantitative estimate of drug-likeness (QED) is 0.382. The Balaban J connectivity index is 1.29. The Hall–Kier alpha value is -4.08. The van der Waals surface area contributed by atoms with E-state index in [-0.39, 0.29) is 22.9 Å². The summed E-state index contributed by atoms with van der Waals surface area (Å²) in [7, 11) is 0. The highest BCUT2D eigenvalue weighted by Crippen LogP contribution is 2.47. The fourth-order valence-electron chi connectivity index (χ4n) is 4.65. The Kier molecular flexibility index (Phi) is 4.73. The first kappa shape index (κ1) is 21.5. The molecule has 178 valence electrons. The predicted molar refractivity (Wildman–Crippen MR) is 121 cm³/mol. The monoisotopic (exact) mass is 480 g/mol. The van der Waals surface area contributed by atoms with Gasteiger partial charge in [0.2, 0.25) is 5.91 Å². The highest BCUT2D eigenvalue weighted by molar-refractivity contribution is 5.93. The number of ether oxygens (including phenoxy) is 2. The number of aromatic nitrogens is 3. The summed E-state index contributed by atoms with van der Waals surface area (Å²) in [6.45, 7) is 1.93. The molecule has 2 aliphatic heterocycles. The molecule has 2 aliphatic rings. The SMILES string of the molecule is CC1c2cc(Oc3ccnc4c3CCC(=O)N4)ccc2OC1c1nc2cccc(C(F)(F)F)c2[nH]1. The number of pyridine rings is 1. The molecule has 2 unspecified atom stereocenters. The molecular formula is C25H19F3N4O3. The Bertz CT molecular complexity index is 1480. The summed E-state index contributed by atoms with van der Waals surface area (Å²) >= 11 is 0. The molecule has 35 heavy (non-hydrogen) atoms. The van der Waals surface area contributed by atoms with Crippen LogP contribution in [0.5, 0.6) is 17.2 Å². The Labute approximate surface area is 197 Å². The second kappa shape index (κ2) is 7.72. The fraction of sp³-hybridized carbons (Fsp3) is 0.240. The van der Waals surface area contributed by atoms with Crippen LogP contribution in [0.3, 0.4) is 0 Å². The molecule has 0 fully saturated rings. The zero-order valence-corrected chi connectivity index (χ0v) is 18.4. The normalized spacial score (nSPS) is 19.1. The molecule has 0 saturated heterocycles. The zero-order chi connectivity index (χ0) is 24.3. The van der Waals surface area contributed by atoms with E-state index in [4.69, 9.17) is 9.47 Å². The second-order valence-electron chi connectivity index (χ2n) is 8.63. The lowest BCUT2D eigenvalue weighted by atomic mass is 9.97. The van der Waals surface area contributed by atoms with Gasteiger partial charge >= 0.3 is 6.18 Å². The van der Waals surface area contributed by atoms with Crippen LogP contribution >= 0.6 is 0 Å². The molecule has 2 atom stereocenters. The van der Waals surface area contributed by atoms with E-state index >= 15 is 0 Å². The average Bonchev–Trinajstić information content (AvgIpc) is 3.39. The van der Waals surface area contributed by atoms with Gasteiger partial charge in [0.1, 0.15) is 28.9 Å². The van der Waals surface area contributed by atoms with Gasteiger partial charge in [0.25, 0.3) is 0 Å². The van der Waals surface area contributed by atoms with Crippen LogP contribution < -0.4 is 14.8 Å². The van der Waals surface area contributed by atoms with Crippen LogP contribution in [-0.2, 0) is 17.4 Å². The number of hydrogen-bond acceptors (Lipinski definition) is 5. The summed E-state index contributed by atoms with van der Waals surface area (Å²) in [6, 6.07) is 11.1. The Morgan fingerprint density at radius 3 is 2.83 bits per heavy atom. The van der Waals surface area contributed by atoms with Crippen LogP contribution in [0, 0.1) is 0 Å². The van der Waals surface area contributed by atoms with Crippen molar-refractivity contribution >= 4 is 22.8 Å². The van der Waals surface area contributed by atoms with Gasteiger partial charge in [0.15, 0.2) is 6.10 Å². The molecule has 2 aromatic carbocycles. The number of anilines is 1. The van der Waals surface area contributed by atoms with Crippen molar-refractivity contribution in [1.29, 1.82) is 0 Å². The number of fused-ring (bicyclic) bond motifs is 3. The third-order valence-electron chi connectivity index (χ3n) is 6.39. The summed E-state index contributed by atoms with van der Waals surface area (Å²) in [4.78, 5) is 23.1. The number of imidazole rings is 1. The highest BCUT2D eigenvalue weighted by atomic mass is 19.4. The standard InChI is InChI=1S/C25H19F3N4O3/c1-12-15-11-13(34-19-9-10-29-23-14(19)6-8-20(33)31-23)5-7-18(15)35-22(12)24-30-17-4-2-3-16(21(17)32-24)25(26,27)28/h2-5,7,9-12,22H,6,8H2,1H3,(H,30,32)(H,29,31,33). The van der Waals surface area contributed by atoms with E-state index in [1.165, 1.54) is 6.07 Å². The molecule has 2 aromatic heterocycles. The second-order valence-corrected chi connectivity index (χ2v) is 8.63. The number of nitrogens with zero attached hydrogens (tertiary/aromatic N) is 2. The molecular weight excluding hydrogens is 461 g/mol. The molecule has 10 heteroatoms. The van der Waals surface area contributed by atoms with Crippen LogP contribution in [0.4, 0.5) is 19.0 Å². The van der Waals surface area contributed by atoms with Crippen molar-refractivity contribution < 1.29 is 27.4 Å². The summed E-state index contributed by atoms with van der Waals surface area (Å²) in [5, 5.41) is 2.75. The van der Waals surface area contributed by atoms with E-state index in [0.717, 1.165) is 17.2 Å². The van der Waals surface area contributed by atoms with E-state index in [2.05, 4.69) is 20.3 Å². The highest BCUT2D eigenvalue weighted by Gasteiger charge is 2.37. The number of hydrogen-bond donors (Lipinski definition) is 2. The van der Waals surface area contributed by atoms with Gasteiger partial charge < -0.3 is 19.8 Å². The predicted octanol–water partition coefficient (Wildman–Crippen LogP) is 5.89. The number of nitrogens with one attached hydrogen (secondary N) is 2. The molecule has 7 nitrogen and oxygen atoms in total. The molecule has 0 radical (unpaired) electrons. The zero-order valence-electron chi connectivity index (χ0n) is 18.4.